The maximum atomic E-state index is 10.3. The minimum atomic E-state index is -0.0581. The van der Waals surface area contributed by atoms with Crippen LogP contribution in [0.3, 0.4) is 0 Å². The number of aromatic nitrogens is 1. The smallest absolute Gasteiger partial charge is 0.172 e. The second-order valence-corrected chi connectivity index (χ2v) is 2.18. The van der Waals surface area contributed by atoms with Crippen LogP contribution in [0.4, 0.5) is 0 Å². The third-order valence-electron chi connectivity index (χ3n) is 1.43. The zero-order valence-corrected chi connectivity index (χ0v) is 6.24. The fourth-order valence-corrected chi connectivity index (χ4v) is 0.793. The minimum Gasteiger partial charge on any atom is -0.506 e. The standard InChI is InChI=1S/C8H9NO2/c1-2-6-3-4-8(11)7(5-10)9-6/h3-5,11H,2H2,1H3. The van der Waals surface area contributed by atoms with Gasteiger partial charge in [-0.3, -0.25) is 4.79 Å². The van der Waals surface area contributed by atoms with Crippen molar-refractivity contribution in [3.05, 3.63) is 23.5 Å². The van der Waals surface area contributed by atoms with Crippen molar-refractivity contribution in [1.29, 1.82) is 0 Å². The van der Waals surface area contributed by atoms with E-state index >= 15 is 0 Å². The second kappa shape index (κ2) is 3.14. The molecule has 1 N–H and O–H groups in total. The third kappa shape index (κ3) is 1.55. The van der Waals surface area contributed by atoms with Gasteiger partial charge in [0.05, 0.1) is 0 Å². The SMILES string of the molecule is CCc1ccc(O)c(C=O)n1. The molecule has 1 heterocycles. The van der Waals surface area contributed by atoms with E-state index in [-0.39, 0.29) is 11.4 Å². The van der Waals surface area contributed by atoms with Crippen LogP contribution in [0.2, 0.25) is 0 Å². The highest BCUT2D eigenvalue weighted by atomic mass is 16.3. The van der Waals surface area contributed by atoms with Gasteiger partial charge in [-0.2, -0.15) is 0 Å². The number of pyridine rings is 1. The maximum absolute atomic E-state index is 10.3. The van der Waals surface area contributed by atoms with Gasteiger partial charge in [0, 0.05) is 5.69 Å². The summed E-state index contributed by atoms with van der Waals surface area (Å²) in [6.07, 6.45) is 1.32. The normalized spacial score (nSPS) is 9.55. The Balaban J connectivity index is 3.12. The number of aromatic hydroxyl groups is 1. The zero-order valence-electron chi connectivity index (χ0n) is 6.24. The summed E-state index contributed by atoms with van der Waals surface area (Å²) in [5.74, 6) is -0.0581. The van der Waals surface area contributed by atoms with Gasteiger partial charge in [-0.1, -0.05) is 6.92 Å². The third-order valence-corrected chi connectivity index (χ3v) is 1.43. The van der Waals surface area contributed by atoms with Crippen molar-refractivity contribution in [2.45, 2.75) is 13.3 Å². The Labute approximate surface area is 64.7 Å². The molecule has 0 saturated carbocycles. The first-order chi connectivity index (χ1) is 5.27. The van der Waals surface area contributed by atoms with Crippen molar-refractivity contribution in [1.82, 2.24) is 4.98 Å². The molecule has 0 spiro atoms. The van der Waals surface area contributed by atoms with E-state index in [1.807, 2.05) is 6.92 Å². The van der Waals surface area contributed by atoms with E-state index in [1.54, 1.807) is 6.07 Å². The van der Waals surface area contributed by atoms with Crippen molar-refractivity contribution in [2.24, 2.45) is 0 Å². The molecular formula is C8H9NO2. The molecule has 1 aromatic heterocycles. The summed E-state index contributed by atoms with van der Waals surface area (Å²) in [6.45, 7) is 1.94. The van der Waals surface area contributed by atoms with E-state index in [9.17, 15) is 4.79 Å². The van der Waals surface area contributed by atoms with Crippen molar-refractivity contribution >= 4 is 6.29 Å². The summed E-state index contributed by atoms with van der Waals surface area (Å²) in [5, 5.41) is 9.04. The summed E-state index contributed by atoms with van der Waals surface area (Å²) < 4.78 is 0. The van der Waals surface area contributed by atoms with Gasteiger partial charge in [0.2, 0.25) is 0 Å². The van der Waals surface area contributed by atoms with Crippen LogP contribution in [0.1, 0.15) is 23.1 Å². The molecule has 0 amide bonds. The van der Waals surface area contributed by atoms with Crippen LogP contribution in [0.5, 0.6) is 5.75 Å². The highest BCUT2D eigenvalue weighted by Crippen LogP contribution is 2.12. The van der Waals surface area contributed by atoms with Crippen LogP contribution in [-0.2, 0) is 6.42 Å². The van der Waals surface area contributed by atoms with Gasteiger partial charge in [0.25, 0.3) is 0 Å². The van der Waals surface area contributed by atoms with Crippen molar-refractivity contribution in [2.75, 3.05) is 0 Å². The van der Waals surface area contributed by atoms with Crippen LogP contribution in [-0.4, -0.2) is 16.4 Å². The Morgan fingerprint density at radius 1 is 1.64 bits per heavy atom. The van der Waals surface area contributed by atoms with E-state index in [4.69, 9.17) is 5.11 Å². The van der Waals surface area contributed by atoms with Crippen LogP contribution in [0, 0.1) is 0 Å². The predicted molar refractivity (Wildman–Crippen MR) is 40.7 cm³/mol. The first-order valence-electron chi connectivity index (χ1n) is 3.42. The monoisotopic (exact) mass is 151 g/mol. The van der Waals surface area contributed by atoms with Crippen LogP contribution < -0.4 is 0 Å². The van der Waals surface area contributed by atoms with Gasteiger partial charge >= 0.3 is 0 Å². The maximum Gasteiger partial charge on any atom is 0.172 e. The second-order valence-electron chi connectivity index (χ2n) is 2.18. The fourth-order valence-electron chi connectivity index (χ4n) is 0.793. The molecule has 0 radical (unpaired) electrons. The molecule has 1 rings (SSSR count). The summed E-state index contributed by atoms with van der Waals surface area (Å²) in [4.78, 5) is 14.2. The van der Waals surface area contributed by atoms with Gasteiger partial charge in [-0.05, 0) is 18.6 Å². The molecular weight excluding hydrogens is 142 g/mol. The number of aldehydes is 1. The highest BCUT2D eigenvalue weighted by Gasteiger charge is 2.00. The Bertz CT molecular complexity index is 271. The molecule has 3 heteroatoms. The number of hydrogen-bond acceptors (Lipinski definition) is 3. The zero-order chi connectivity index (χ0) is 8.27. The Hall–Kier alpha value is -1.38. The van der Waals surface area contributed by atoms with Gasteiger partial charge in [0.1, 0.15) is 11.4 Å². The first-order valence-corrected chi connectivity index (χ1v) is 3.42. The van der Waals surface area contributed by atoms with Crippen molar-refractivity contribution in [3.63, 3.8) is 0 Å². The number of hydrogen-bond donors (Lipinski definition) is 1. The molecule has 11 heavy (non-hydrogen) atoms. The van der Waals surface area contributed by atoms with E-state index in [0.29, 0.717) is 6.29 Å². The van der Waals surface area contributed by atoms with E-state index in [2.05, 4.69) is 4.98 Å². The summed E-state index contributed by atoms with van der Waals surface area (Å²) in [6, 6.07) is 3.18. The van der Waals surface area contributed by atoms with Crippen LogP contribution >= 0.6 is 0 Å². The molecule has 0 bridgehead atoms. The van der Waals surface area contributed by atoms with Crippen molar-refractivity contribution < 1.29 is 9.90 Å². The van der Waals surface area contributed by atoms with Crippen LogP contribution in [0.25, 0.3) is 0 Å². The van der Waals surface area contributed by atoms with Crippen molar-refractivity contribution in [3.8, 4) is 5.75 Å². The largest absolute Gasteiger partial charge is 0.506 e. The lowest BCUT2D eigenvalue weighted by atomic mass is 10.2. The minimum absolute atomic E-state index is 0.0581. The van der Waals surface area contributed by atoms with E-state index in [0.717, 1.165) is 12.1 Å². The highest BCUT2D eigenvalue weighted by molar-refractivity contribution is 5.75. The molecule has 0 saturated heterocycles. The lowest BCUT2D eigenvalue weighted by Crippen LogP contribution is -1.92. The van der Waals surface area contributed by atoms with E-state index < -0.39 is 0 Å². The lowest BCUT2D eigenvalue weighted by Gasteiger charge is -1.98. The average Bonchev–Trinajstić information content (AvgIpc) is 2.05. The quantitative estimate of drug-likeness (QED) is 0.645. The van der Waals surface area contributed by atoms with Crippen LogP contribution in [0.15, 0.2) is 12.1 Å². The molecule has 3 nitrogen and oxygen atoms in total. The molecule has 0 aliphatic heterocycles. The Morgan fingerprint density at radius 3 is 2.91 bits per heavy atom. The first kappa shape index (κ1) is 7.72. The molecule has 58 valence electrons. The molecule has 0 unspecified atom stereocenters. The molecule has 0 fully saturated rings. The molecule has 0 aliphatic rings. The number of aryl methyl sites for hydroxylation is 1. The Kier molecular flexibility index (Phi) is 2.21. The van der Waals surface area contributed by atoms with Gasteiger partial charge in [-0.15, -0.1) is 0 Å². The Morgan fingerprint density at radius 2 is 2.36 bits per heavy atom. The number of rotatable bonds is 2. The number of nitrogens with zero attached hydrogens (tertiary/aromatic N) is 1. The van der Waals surface area contributed by atoms with E-state index in [1.165, 1.54) is 6.07 Å². The average molecular weight is 151 g/mol. The fraction of sp³-hybridized carbons (Fsp3) is 0.250. The number of carbonyl (C=O) groups excluding carboxylic acids is 1. The molecule has 0 aliphatic carbocycles. The number of carbonyl (C=O) groups is 1. The van der Waals surface area contributed by atoms with Gasteiger partial charge < -0.3 is 5.11 Å². The summed E-state index contributed by atoms with van der Waals surface area (Å²) >= 11 is 0. The van der Waals surface area contributed by atoms with Gasteiger partial charge in [-0.25, -0.2) is 4.98 Å². The topological polar surface area (TPSA) is 50.2 Å². The molecule has 0 atom stereocenters. The summed E-state index contributed by atoms with van der Waals surface area (Å²) in [7, 11) is 0. The molecule has 0 aromatic carbocycles. The lowest BCUT2D eigenvalue weighted by molar-refractivity contribution is 0.111. The molecule has 1 aromatic rings. The summed E-state index contributed by atoms with van der Waals surface area (Å²) in [5.41, 5.74) is 0.925. The predicted octanol–water partition coefficient (Wildman–Crippen LogP) is 1.16. The van der Waals surface area contributed by atoms with Gasteiger partial charge in [0.15, 0.2) is 6.29 Å².